The van der Waals surface area contributed by atoms with Gasteiger partial charge in [0.25, 0.3) is 0 Å². The molecule has 1 heterocycles. The fourth-order valence-electron chi connectivity index (χ4n) is 1.55. The van der Waals surface area contributed by atoms with E-state index in [2.05, 4.69) is 14.0 Å². The molecular weight excluding hydrogens is 206 g/mol. The molecule has 68 valence electrons. The Morgan fingerprint density at radius 2 is 1.82 bits per heavy atom. The number of likely N-dealkylation sites (N-methyl/N-ethyl adjacent to an activating group) is 1. The molecule has 1 saturated heterocycles. The number of nitrogens with zero attached hydrogens (tertiary/aromatic N) is 1. The van der Waals surface area contributed by atoms with E-state index in [1.807, 2.05) is 0 Å². The van der Waals surface area contributed by atoms with Crippen LogP contribution in [0.5, 0.6) is 0 Å². The van der Waals surface area contributed by atoms with Crippen LogP contribution in [-0.2, 0) is 4.74 Å². The normalized spacial score (nSPS) is 22.4. The van der Waals surface area contributed by atoms with Gasteiger partial charge in [-0.2, -0.15) is 0 Å². The van der Waals surface area contributed by atoms with Crippen molar-refractivity contribution in [3.8, 4) is 0 Å². The van der Waals surface area contributed by atoms with Gasteiger partial charge in [0.05, 0.1) is 26.8 Å². The van der Waals surface area contributed by atoms with Crippen LogP contribution in [0.4, 0.5) is 0 Å². The Balaban J connectivity index is 0.000001000. The lowest BCUT2D eigenvalue weighted by Gasteiger charge is -2.37. The molecule has 1 aliphatic rings. The second kappa shape index (κ2) is 5.12. The smallest absolute Gasteiger partial charge is 0.102 e. The van der Waals surface area contributed by atoms with E-state index < -0.39 is 0 Å². The third-order valence-corrected chi connectivity index (χ3v) is 2.31. The molecule has 1 fully saturated rings. The maximum absolute atomic E-state index is 5.30. The quantitative estimate of drug-likeness (QED) is 0.487. The molecule has 1 aliphatic heterocycles. The highest BCUT2D eigenvalue weighted by Gasteiger charge is 2.23. The van der Waals surface area contributed by atoms with Crippen LogP contribution in [0.15, 0.2) is 0 Å². The average molecular weight is 224 g/mol. The van der Waals surface area contributed by atoms with Gasteiger partial charge in [0.1, 0.15) is 13.1 Å². The Morgan fingerprint density at radius 1 is 1.27 bits per heavy atom. The zero-order chi connectivity index (χ0) is 7.45. The number of halogens is 1. The lowest BCUT2D eigenvalue weighted by molar-refractivity contribution is -0.916. The summed E-state index contributed by atoms with van der Waals surface area (Å²) >= 11 is 0. The Labute approximate surface area is 79.9 Å². The first-order chi connectivity index (χ1) is 4.77. The highest BCUT2D eigenvalue weighted by atomic mass is 79.9. The van der Waals surface area contributed by atoms with Crippen molar-refractivity contribution in [3.05, 3.63) is 0 Å². The van der Waals surface area contributed by atoms with Crippen molar-refractivity contribution in [2.45, 2.75) is 13.3 Å². The van der Waals surface area contributed by atoms with Gasteiger partial charge in [0.2, 0.25) is 0 Å². The molecule has 0 aromatic carbocycles. The van der Waals surface area contributed by atoms with Crippen LogP contribution in [0, 0.1) is 0 Å². The zero-order valence-electron chi connectivity index (χ0n) is 7.48. The maximum atomic E-state index is 5.30. The van der Waals surface area contributed by atoms with Crippen LogP contribution in [0.25, 0.3) is 0 Å². The molecule has 0 aromatic heterocycles. The molecule has 11 heavy (non-hydrogen) atoms. The van der Waals surface area contributed by atoms with E-state index in [-0.39, 0.29) is 17.0 Å². The molecule has 0 bridgehead atoms. The number of hydrogen-bond acceptors (Lipinski definition) is 1. The van der Waals surface area contributed by atoms with E-state index in [1.165, 1.54) is 30.5 Å². The third-order valence-electron chi connectivity index (χ3n) is 2.31. The van der Waals surface area contributed by atoms with E-state index in [0.29, 0.717) is 0 Å². The van der Waals surface area contributed by atoms with Gasteiger partial charge in [-0.15, -0.1) is 0 Å². The molecule has 0 unspecified atom stereocenters. The first-order valence-corrected chi connectivity index (χ1v) is 4.18. The average Bonchev–Trinajstić information content (AvgIpc) is 1.89. The Hall–Kier alpha value is 0.400. The molecule has 0 atom stereocenters. The molecule has 0 radical (unpaired) electrons. The van der Waals surface area contributed by atoms with Gasteiger partial charge in [-0.1, -0.05) is 6.92 Å². The summed E-state index contributed by atoms with van der Waals surface area (Å²) in [4.78, 5) is 0. The van der Waals surface area contributed by atoms with Crippen LogP contribution >= 0.6 is 0 Å². The van der Waals surface area contributed by atoms with Crippen molar-refractivity contribution in [1.82, 2.24) is 0 Å². The second-order valence-corrected chi connectivity index (χ2v) is 3.40. The molecule has 3 heteroatoms. The van der Waals surface area contributed by atoms with Crippen molar-refractivity contribution in [3.63, 3.8) is 0 Å². The van der Waals surface area contributed by atoms with Gasteiger partial charge in [0, 0.05) is 0 Å². The molecule has 0 aromatic rings. The first kappa shape index (κ1) is 11.4. The topological polar surface area (TPSA) is 9.23 Å². The Bertz CT molecular complexity index is 96.8. The van der Waals surface area contributed by atoms with Crippen molar-refractivity contribution in [2.24, 2.45) is 0 Å². The van der Waals surface area contributed by atoms with E-state index in [4.69, 9.17) is 4.74 Å². The molecule has 0 aliphatic carbocycles. The van der Waals surface area contributed by atoms with Crippen molar-refractivity contribution in [1.29, 1.82) is 0 Å². The van der Waals surface area contributed by atoms with E-state index in [1.54, 1.807) is 0 Å². The number of hydrogen-bond donors (Lipinski definition) is 0. The molecule has 0 spiro atoms. The predicted octanol–water partition coefficient (Wildman–Crippen LogP) is -2.12. The largest absolute Gasteiger partial charge is 1.00 e. The van der Waals surface area contributed by atoms with Crippen LogP contribution < -0.4 is 17.0 Å². The first-order valence-electron chi connectivity index (χ1n) is 4.18. The van der Waals surface area contributed by atoms with Gasteiger partial charge < -0.3 is 26.2 Å². The summed E-state index contributed by atoms with van der Waals surface area (Å²) in [6.07, 6.45) is 1.29. The second-order valence-electron chi connectivity index (χ2n) is 3.40. The molecule has 0 N–H and O–H groups in total. The minimum atomic E-state index is 0. The fraction of sp³-hybridized carbons (Fsp3) is 1.00. The summed E-state index contributed by atoms with van der Waals surface area (Å²) in [5.41, 5.74) is 0. The van der Waals surface area contributed by atoms with Crippen LogP contribution in [0.2, 0.25) is 0 Å². The van der Waals surface area contributed by atoms with Gasteiger partial charge in [-0.3, -0.25) is 0 Å². The number of rotatable bonds is 2. The standard InChI is InChI=1S/C8H18NO.BrH/c1-3-4-9(2)5-7-10-8-6-9;/h3-8H2,1-2H3;1H/q+1;/p-1. The van der Waals surface area contributed by atoms with E-state index in [9.17, 15) is 0 Å². The molecule has 1 rings (SSSR count). The van der Waals surface area contributed by atoms with Crippen LogP contribution in [0.1, 0.15) is 13.3 Å². The fourth-order valence-corrected chi connectivity index (χ4v) is 1.55. The van der Waals surface area contributed by atoms with Crippen molar-refractivity contribution < 1.29 is 26.2 Å². The van der Waals surface area contributed by atoms with E-state index in [0.717, 1.165) is 13.2 Å². The number of quaternary nitrogens is 1. The van der Waals surface area contributed by atoms with Crippen LogP contribution in [-0.4, -0.2) is 44.4 Å². The summed E-state index contributed by atoms with van der Waals surface area (Å²) in [7, 11) is 2.33. The van der Waals surface area contributed by atoms with Crippen molar-refractivity contribution >= 4 is 0 Å². The number of ether oxygens (including phenoxy) is 1. The lowest BCUT2D eigenvalue weighted by atomic mass is 10.3. The molecular formula is C8H18BrNO. The van der Waals surface area contributed by atoms with E-state index >= 15 is 0 Å². The van der Waals surface area contributed by atoms with Gasteiger partial charge in [0.15, 0.2) is 0 Å². The third kappa shape index (κ3) is 3.54. The SMILES string of the molecule is CCC[N+]1(C)CCOCC1.[Br-]. The summed E-state index contributed by atoms with van der Waals surface area (Å²) < 4.78 is 6.51. The predicted molar refractivity (Wildman–Crippen MR) is 41.9 cm³/mol. The highest BCUT2D eigenvalue weighted by molar-refractivity contribution is 4.45. The highest BCUT2D eigenvalue weighted by Crippen LogP contribution is 2.07. The van der Waals surface area contributed by atoms with Gasteiger partial charge in [-0.05, 0) is 6.42 Å². The molecule has 0 saturated carbocycles. The van der Waals surface area contributed by atoms with Gasteiger partial charge in [-0.25, -0.2) is 0 Å². The Kier molecular flexibility index (Phi) is 5.30. The summed E-state index contributed by atoms with van der Waals surface area (Å²) in [6.45, 7) is 7.87. The summed E-state index contributed by atoms with van der Waals surface area (Å²) in [6, 6.07) is 0. The maximum Gasteiger partial charge on any atom is 0.102 e. The lowest BCUT2D eigenvalue weighted by Crippen LogP contribution is -3.00. The van der Waals surface area contributed by atoms with Crippen molar-refractivity contribution in [2.75, 3.05) is 39.9 Å². The minimum Gasteiger partial charge on any atom is -1.00 e. The summed E-state index contributed by atoms with van der Waals surface area (Å²) in [5, 5.41) is 0. The molecule has 0 amide bonds. The number of morpholine rings is 1. The Morgan fingerprint density at radius 3 is 2.27 bits per heavy atom. The monoisotopic (exact) mass is 223 g/mol. The van der Waals surface area contributed by atoms with Gasteiger partial charge >= 0.3 is 0 Å². The zero-order valence-corrected chi connectivity index (χ0v) is 9.06. The summed E-state index contributed by atoms with van der Waals surface area (Å²) in [5.74, 6) is 0. The minimum absolute atomic E-state index is 0. The van der Waals surface area contributed by atoms with Crippen LogP contribution in [0.3, 0.4) is 0 Å². The molecule has 2 nitrogen and oxygen atoms in total.